The number of hydrogen-bond acceptors (Lipinski definition) is 3. The van der Waals surface area contributed by atoms with Crippen molar-refractivity contribution in [1.29, 1.82) is 0 Å². The Hall–Kier alpha value is -2.22. The summed E-state index contributed by atoms with van der Waals surface area (Å²) in [5.74, 6) is -0.619. The number of nitrogens with one attached hydrogen (secondary N) is 1. The van der Waals surface area contributed by atoms with Gasteiger partial charge in [0, 0.05) is 24.6 Å². The molecule has 1 aliphatic rings. The molecule has 134 valence electrons. The molecule has 1 aliphatic heterocycles. The van der Waals surface area contributed by atoms with Crippen LogP contribution >= 0.6 is 11.6 Å². The van der Waals surface area contributed by atoms with Gasteiger partial charge in [0.25, 0.3) is 5.91 Å². The molecule has 25 heavy (non-hydrogen) atoms. The number of carbonyl (C=O) groups excluding carboxylic acids is 1. The van der Waals surface area contributed by atoms with Crippen LogP contribution in [0.5, 0.6) is 5.88 Å². The molecule has 3 rings (SSSR count). The van der Waals surface area contributed by atoms with E-state index in [4.69, 9.17) is 11.6 Å². The molecule has 1 unspecified atom stereocenters. The minimum absolute atomic E-state index is 0.0672. The fourth-order valence-electron chi connectivity index (χ4n) is 2.85. The zero-order valence-corrected chi connectivity index (χ0v) is 13.8. The van der Waals surface area contributed by atoms with Crippen molar-refractivity contribution in [2.24, 2.45) is 0 Å². The molecule has 3 heterocycles. The van der Waals surface area contributed by atoms with E-state index in [1.165, 1.54) is 12.3 Å². The van der Waals surface area contributed by atoms with Gasteiger partial charge in [-0.2, -0.15) is 13.2 Å². The van der Waals surface area contributed by atoms with Crippen molar-refractivity contribution >= 4 is 17.5 Å². The van der Waals surface area contributed by atoms with Crippen molar-refractivity contribution in [2.45, 2.75) is 25.1 Å². The van der Waals surface area contributed by atoms with Crippen LogP contribution in [0.2, 0.25) is 5.02 Å². The van der Waals surface area contributed by atoms with E-state index in [2.05, 4.69) is 14.7 Å². The maximum Gasteiger partial charge on any atom is 0.422 e. The molecule has 0 saturated carbocycles. The van der Waals surface area contributed by atoms with E-state index in [9.17, 15) is 18.0 Å². The smallest absolute Gasteiger partial charge is 0.422 e. The third-order valence-electron chi connectivity index (χ3n) is 3.92. The first-order valence-electron chi connectivity index (χ1n) is 7.64. The number of carbonyl (C=O) groups is 1. The van der Waals surface area contributed by atoms with Crippen LogP contribution in [0.25, 0.3) is 0 Å². The Labute approximate surface area is 146 Å². The van der Waals surface area contributed by atoms with Crippen molar-refractivity contribution in [3.63, 3.8) is 0 Å². The molecule has 2 aromatic rings. The van der Waals surface area contributed by atoms with Crippen LogP contribution in [0.1, 0.15) is 34.9 Å². The Kier molecular flexibility index (Phi) is 4.89. The molecule has 1 saturated heterocycles. The molecule has 0 spiro atoms. The monoisotopic (exact) mass is 373 g/mol. The van der Waals surface area contributed by atoms with Gasteiger partial charge in [0.05, 0.1) is 11.6 Å². The summed E-state index contributed by atoms with van der Waals surface area (Å²) in [6.45, 7) is -0.902. The average Bonchev–Trinajstić information content (AvgIpc) is 3.22. The lowest BCUT2D eigenvalue weighted by Crippen LogP contribution is -2.30. The van der Waals surface area contributed by atoms with Crippen LogP contribution < -0.4 is 4.74 Å². The number of hydrogen-bond donors (Lipinski definition) is 1. The summed E-state index contributed by atoms with van der Waals surface area (Å²) >= 11 is 5.91. The van der Waals surface area contributed by atoms with Crippen LogP contribution in [0, 0.1) is 0 Å². The van der Waals surface area contributed by atoms with Crippen molar-refractivity contribution in [2.75, 3.05) is 13.2 Å². The number of amides is 1. The van der Waals surface area contributed by atoms with Gasteiger partial charge in [-0.3, -0.25) is 4.79 Å². The molecule has 2 aromatic heterocycles. The van der Waals surface area contributed by atoms with Gasteiger partial charge in [0.1, 0.15) is 5.02 Å². The number of nitrogens with zero attached hydrogens (tertiary/aromatic N) is 2. The van der Waals surface area contributed by atoms with Crippen molar-refractivity contribution in [3.05, 3.63) is 46.9 Å². The maximum absolute atomic E-state index is 12.7. The van der Waals surface area contributed by atoms with Crippen LogP contribution in [0.3, 0.4) is 0 Å². The minimum atomic E-state index is -4.49. The van der Waals surface area contributed by atoms with E-state index in [0.29, 0.717) is 6.54 Å². The number of halogens is 4. The van der Waals surface area contributed by atoms with Gasteiger partial charge < -0.3 is 14.6 Å². The molecule has 5 nitrogen and oxygen atoms in total. The molecule has 1 amide bonds. The summed E-state index contributed by atoms with van der Waals surface area (Å²) in [6, 6.07) is 4.99. The van der Waals surface area contributed by atoms with E-state index in [-0.39, 0.29) is 28.4 Å². The number of pyridine rings is 1. The molecule has 0 aromatic carbocycles. The highest BCUT2D eigenvalue weighted by Crippen LogP contribution is 2.33. The number of H-pyrrole nitrogens is 1. The van der Waals surface area contributed by atoms with E-state index in [0.717, 1.165) is 18.5 Å². The highest BCUT2D eigenvalue weighted by molar-refractivity contribution is 6.32. The molecular weight excluding hydrogens is 359 g/mol. The Balaban J connectivity index is 1.75. The quantitative estimate of drug-likeness (QED) is 0.881. The summed E-state index contributed by atoms with van der Waals surface area (Å²) in [7, 11) is 0. The predicted octanol–water partition coefficient (Wildman–Crippen LogP) is 3.98. The third kappa shape index (κ3) is 4.07. The molecule has 0 bridgehead atoms. The number of rotatable bonds is 4. The Bertz CT molecular complexity index is 750. The molecule has 0 aliphatic carbocycles. The Morgan fingerprint density at radius 2 is 2.28 bits per heavy atom. The standard InChI is InChI=1S/C16H15ClF3N3O2/c17-11-7-10(8-22-14(11)25-9-16(18,19)20)15(24)23-6-2-4-13(23)12-3-1-5-21-12/h1,3,5,7-8,13,21H,2,4,6,9H2. The fraction of sp³-hybridized carbons (Fsp3) is 0.375. The van der Waals surface area contributed by atoms with Gasteiger partial charge in [0.2, 0.25) is 5.88 Å². The van der Waals surface area contributed by atoms with Crippen molar-refractivity contribution < 1.29 is 22.7 Å². The first-order valence-corrected chi connectivity index (χ1v) is 8.02. The topological polar surface area (TPSA) is 58.2 Å². The van der Waals surface area contributed by atoms with Crippen molar-refractivity contribution in [3.8, 4) is 5.88 Å². The molecular formula is C16H15ClF3N3O2. The summed E-state index contributed by atoms with van der Waals surface area (Å²) in [5, 5.41) is -0.134. The number of aromatic nitrogens is 2. The first-order chi connectivity index (χ1) is 11.8. The van der Waals surface area contributed by atoms with Gasteiger partial charge in [-0.05, 0) is 31.0 Å². The summed E-state index contributed by atoms with van der Waals surface area (Å²) < 4.78 is 41.2. The lowest BCUT2D eigenvalue weighted by molar-refractivity contribution is -0.154. The van der Waals surface area contributed by atoms with Crippen LogP contribution in [0.4, 0.5) is 13.2 Å². The number of ether oxygens (including phenoxy) is 1. The lowest BCUT2D eigenvalue weighted by Gasteiger charge is -2.24. The summed E-state index contributed by atoms with van der Waals surface area (Å²) in [4.78, 5) is 21.3. The molecule has 0 radical (unpaired) electrons. The van der Waals surface area contributed by atoms with E-state index in [1.807, 2.05) is 12.1 Å². The molecule has 1 fully saturated rings. The zero-order chi connectivity index (χ0) is 18.0. The van der Waals surface area contributed by atoms with Gasteiger partial charge in [0.15, 0.2) is 6.61 Å². The fourth-order valence-corrected chi connectivity index (χ4v) is 3.07. The third-order valence-corrected chi connectivity index (χ3v) is 4.19. The highest BCUT2D eigenvalue weighted by atomic mass is 35.5. The highest BCUT2D eigenvalue weighted by Gasteiger charge is 2.32. The lowest BCUT2D eigenvalue weighted by atomic mass is 10.1. The van der Waals surface area contributed by atoms with Crippen molar-refractivity contribution in [1.82, 2.24) is 14.9 Å². The number of alkyl halides is 3. The van der Waals surface area contributed by atoms with Gasteiger partial charge >= 0.3 is 6.18 Å². The van der Waals surface area contributed by atoms with Crippen LogP contribution in [0.15, 0.2) is 30.6 Å². The Morgan fingerprint density at radius 3 is 2.92 bits per heavy atom. The molecule has 9 heteroatoms. The SMILES string of the molecule is O=C(c1cnc(OCC(F)(F)F)c(Cl)c1)N1CCCC1c1ccc[nH]1. The van der Waals surface area contributed by atoms with Crippen LogP contribution in [-0.2, 0) is 0 Å². The molecule has 1 N–H and O–H groups in total. The van der Waals surface area contributed by atoms with Gasteiger partial charge in [-0.25, -0.2) is 4.98 Å². The average molecular weight is 374 g/mol. The largest absolute Gasteiger partial charge is 0.467 e. The maximum atomic E-state index is 12.7. The first kappa shape index (κ1) is 17.6. The van der Waals surface area contributed by atoms with Crippen LogP contribution in [-0.4, -0.2) is 40.1 Å². The minimum Gasteiger partial charge on any atom is -0.467 e. The number of likely N-dealkylation sites (tertiary alicyclic amines) is 1. The zero-order valence-electron chi connectivity index (χ0n) is 13.0. The van der Waals surface area contributed by atoms with Gasteiger partial charge in [-0.15, -0.1) is 0 Å². The summed E-state index contributed by atoms with van der Waals surface area (Å²) in [6.07, 6.45) is 0.188. The van der Waals surface area contributed by atoms with E-state index in [1.54, 1.807) is 11.1 Å². The second-order valence-electron chi connectivity index (χ2n) is 5.70. The Morgan fingerprint density at radius 1 is 1.48 bits per heavy atom. The predicted molar refractivity (Wildman–Crippen MR) is 84.6 cm³/mol. The van der Waals surface area contributed by atoms with E-state index < -0.39 is 12.8 Å². The number of aromatic amines is 1. The summed E-state index contributed by atoms with van der Waals surface area (Å²) in [5.41, 5.74) is 1.15. The second-order valence-corrected chi connectivity index (χ2v) is 6.10. The molecule has 1 atom stereocenters. The second kappa shape index (κ2) is 6.95. The van der Waals surface area contributed by atoms with E-state index >= 15 is 0 Å². The normalized spacial score (nSPS) is 17.8. The van der Waals surface area contributed by atoms with Gasteiger partial charge in [-0.1, -0.05) is 11.6 Å².